The van der Waals surface area contributed by atoms with E-state index in [1.807, 2.05) is 0 Å². The van der Waals surface area contributed by atoms with Gasteiger partial charge in [0, 0.05) is 26.3 Å². The molecule has 2 aromatic rings. The largest absolute Gasteiger partial charge is 0.416 e. The Kier molecular flexibility index (Phi) is 6.22. The third kappa shape index (κ3) is 5.24. The van der Waals surface area contributed by atoms with Gasteiger partial charge in [-0.2, -0.15) is 13.2 Å². The van der Waals surface area contributed by atoms with Crippen LogP contribution >= 0.6 is 11.6 Å². The minimum absolute atomic E-state index is 0.121. The molecule has 0 saturated carbocycles. The molecule has 0 fully saturated rings. The highest BCUT2D eigenvalue weighted by Gasteiger charge is 2.31. The second-order valence-electron chi connectivity index (χ2n) is 4.88. The van der Waals surface area contributed by atoms with E-state index in [0.29, 0.717) is 24.8 Å². The van der Waals surface area contributed by atoms with Gasteiger partial charge in [0.15, 0.2) is 0 Å². The molecule has 0 radical (unpaired) electrons. The topological polar surface area (TPSA) is 59.1 Å². The summed E-state index contributed by atoms with van der Waals surface area (Å²) in [5, 5.41) is 6.01. The van der Waals surface area contributed by atoms with E-state index < -0.39 is 11.7 Å². The minimum Gasteiger partial charge on any atom is -0.385 e. The maximum Gasteiger partial charge on any atom is 0.416 e. The molecular weight excluding hydrogens is 345 g/mol. The van der Waals surface area contributed by atoms with Gasteiger partial charge in [0.2, 0.25) is 0 Å². The number of aromatic nitrogens is 2. The van der Waals surface area contributed by atoms with Crippen LogP contribution in [0.4, 0.5) is 30.5 Å². The molecule has 1 heterocycles. The number of hydrogen-bond acceptors (Lipinski definition) is 5. The fraction of sp³-hybridized carbons (Fsp3) is 0.333. The van der Waals surface area contributed by atoms with Crippen molar-refractivity contribution in [1.29, 1.82) is 0 Å². The summed E-state index contributed by atoms with van der Waals surface area (Å²) in [6.07, 6.45) is -2.34. The van der Waals surface area contributed by atoms with E-state index in [1.165, 1.54) is 12.4 Å². The summed E-state index contributed by atoms with van der Waals surface area (Å²) in [6.45, 7) is 1.26. The van der Waals surface area contributed by atoms with Gasteiger partial charge in [-0.25, -0.2) is 9.97 Å². The van der Waals surface area contributed by atoms with Crippen molar-refractivity contribution in [1.82, 2.24) is 9.97 Å². The van der Waals surface area contributed by atoms with Crippen LogP contribution in [0.15, 0.2) is 30.6 Å². The summed E-state index contributed by atoms with van der Waals surface area (Å²) < 4.78 is 43.3. The molecule has 0 saturated heterocycles. The molecule has 0 spiro atoms. The third-order valence-corrected chi connectivity index (χ3v) is 3.38. The van der Waals surface area contributed by atoms with Gasteiger partial charge < -0.3 is 15.4 Å². The number of benzene rings is 1. The van der Waals surface area contributed by atoms with E-state index in [4.69, 9.17) is 16.3 Å². The Morgan fingerprint density at radius 2 is 1.92 bits per heavy atom. The summed E-state index contributed by atoms with van der Waals surface area (Å²) in [7, 11) is 1.62. The quantitative estimate of drug-likeness (QED) is 0.719. The predicted molar refractivity (Wildman–Crippen MR) is 86.8 cm³/mol. The molecule has 2 rings (SSSR count). The number of hydrogen-bond donors (Lipinski definition) is 2. The van der Waals surface area contributed by atoms with Gasteiger partial charge >= 0.3 is 6.18 Å². The highest BCUT2D eigenvalue weighted by atomic mass is 35.5. The predicted octanol–water partition coefficient (Wildman–Crippen LogP) is 4.34. The van der Waals surface area contributed by atoms with Gasteiger partial charge in [-0.1, -0.05) is 11.6 Å². The van der Waals surface area contributed by atoms with Crippen LogP contribution in [0.5, 0.6) is 0 Å². The summed E-state index contributed by atoms with van der Waals surface area (Å²) in [6, 6.07) is 4.65. The molecule has 0 atom stereocenters. The molecule has 5 nitrogen and oxygen atoms in total. The first kappa shape index (κ1) is 18.3. The number of methoxy groups -OCH3 is 1. The van der Waals surface area contributed by atoms with E-state index in [-0.39, 0.29) is 10.7 Å². The van der Waals surface area contributed by atoms with Gasteiger partial charge in [-0.05, 0) is 24.6 Å². The lowest BCUT2D eigenvalue weighted by molar-refractivity contribution is -0.137. The fourth-order valence-electron chi connectivity index (χ4n) is 1.89. The van der Waals surface area contributed by atoms with E-state index >= 15 is 0 Å². The lowest BCUT2D eigenvalue weighted by Crippen LogP contribution is -2.07. The molecule has 0 bridgehead atoms. The molecule has 1 aromatic heterocycles. The van der Waals surface area contributed by atoms with E-state index in [9.17, 15) is 13.2 Å². The normalized spacial score (nSPS) is 11.4. The fourth-order valence-corrected chi connectivity index (χ4v) is 2.06. The van der Waals surface area contributed by atoms with Crippen molar-refractivity contribution in [2.45, 2.75) is 12.6 Å². The summed E-state index contributed by atoms with van der Waals surface area (Å²) in [5.41, 5.74) is -0.670. The number of rotatable bonds is 7. The van der Waals surface area contributed by atoms with Crippen LogP contribution in [0.3, 0.4) is 0 Å². The van der Waals surface area contributed by atoms with Gasteiger partial charge in [0.25, 0.3) is 0 Å². The maximum absolute atomic E-state index is 12.8. The van der Waals surface area contributed by atoms with E-state index in [1.54, 1.807) is 13.2 Å². The number of nitrogens with one attached hydrogen (secondary N) is 2. The number of anilines is 3. The number of alkyl halides is 3. The molecule has 9 heteroatoms. The van der Waals surface area contributed by atoms with Crippen LogP contribution in [-0.4, -0.2) is 30.2 Å². The highest BCUT2D eigenvalue weighted by Crippen LogP contribution is 2.34. The van der Waals surface area contributed by atoms with E-state index in [0.717, 1.165) is 18.6 Å². The summed E-state index contributed by atoms with van der Waals surface area (Å²) >= 11 is 5.95. The van der Waals surface area contributed by atoms with E-state index in [2.05, 4.69) is 20.6 Å². The molecule has 0 amide bonds. The van der Waals surface area contributed by atoms with Crippen molar-refractivity contribution in [3.05, 3.63) is 41.2 Å². The van der Waals surface area contributed by atoms with Gasteiger partial charge in [-0.15, -0.1) is 0 Å². The molecule has 2 N–H and O–H groups in total. The Balaban J connectivity index is 2.11. The summed E-state index contributed by atoms with van der Waals surface area (Å²) in [4.78, 5) is 8.03. The molecule has 24 heavy (non-hydrogen) atoms. The zero-order chi connectivity index (χ0) is 17.6. The van der Waals surface area contributed by atoms with Crippen LogP contribution in [0.2, 0.25) is 5.02 Å². The third-order valence-electron chi connectivity index (χ3n) is 3.05. The first-order valence-corrected chi connectivity index (χ1v) is 7.46. The lowest BCUT2D eigenvalue weighted by Gasteiger charge is -2.12. The smallest absolute Gasteiger partial charge is 0.385 e. The van der Waals surface area contributed by atoms with Crippen LogP contribution < -0.4 is 10.6 Å². The standard InChI is InChI=1S/C15H16ClF3N4O/c1-24-6-2-5-20-13-8-14(22-9-21-13)23-12-7-10(15(17,18)19)3-4-11(12)16/h3-4,7-9H,2,5-6H2,1H3,(H2,20,21,22,23). The van der Waals surface area contributed by atoms with Crippen LogP contribution in [0.25, 0.3) is 0 Å². The van der Waals surface area contributed by atoms with Crippen molar-refractivity contribution in [3.8, 4) is 0 Å². The van der Waals surface area contributed by atoms with Gasteiger partial charge in [-0.3, -0.25) is 0 Å². The van der Waals surface area contributed by atoms with Crippen LogP contribution in [-0.2, 0) is 10.9 Å². The maximum atomic E-state index is 12.8. The van der Waals surface area contributed by atoms with Crippen LogP contribution in [0, 0.1) is 0 Å². The average molecular weight is 361 g/mol. The van der Waals surface area contributed by atoms with Gasteiger partial charge in [0.05, 0.1) is 16.3 Å². The number of ether oxygens (including phenoxy) is 1. The number of nitrogens with zero attached hydrogens (tertiary/aromatic N) is 2. The first-order valence-electron chi connectivity index (χ1n) is 7.09. The zero-order valence-electron chi connectivity index (χ0n) is 12.8. The Bertz CT molecular complexity index is 682. The molecule has 0 unspecified atom stereocenters. The van der Waals surface area contributed by atoms with Crippen molar-refractivity contribution in [2.75, 3.05) is 30.9 Å². The Morgan fingerprint density at radius 3 is 2.62 bits per heavy atom. The van der Waals surface area contributed by atoms with Crippen molar-refractivity contribution in [2.24, 2.45) is 0 Å². The van der Waals surface area contributed by atoms with Crippen molar-refractivity contribution >= 4 is 28.9 Å². The number of halogens is 4. The van der Waals surface area contributed by atoms with Crippen LogP contribution in [0.1, 0.15) is 12.0 Å². The molecule has 0 aliphatic heterocycles. The molecule has 0 aliphatic carbocycles. The Morgan fingerprint density at radius 1 is 1.17 bits per heavy atom. The second-order valence-corrected chi connectivity index (χ2v) is 5.29. The monoisotopic (exact) mass is 360 g/mol. The lowest BCUT2D eigenvalue weighted by atomic mass is 10.2. The second kappa shape index (κ2) is 8.16. The molecular formula is C15H16ClF3N4O. The van der Waals surface area contributed by atoms with Gasteiger partial charge in [0.1, 0.15) is 18.0 Å². The zero-order valence-corrected chi connectivity index (χ0v) is 13.6. The summed E-state index contributed by atoms with van der Waals surface area (Å²) in [5.74, 6) is 0.882. The minimum atomic E-state index is -4.44. The van der Waals surface area contributed by atoms with Crippen molar-refractivity contribution < 1.29 is 17.9 Å². The average Bonchev–Trinajstić information content (AvgIpc) is 2.53. The highest BCUT2D eigenvalue weighted by molar-refractivity contribution is 6.33. The Hall–Kier alpha value is -2.06. The SMILES string of the molecule is COCCCNc1cc(Nc2cc(C(F)(F)F)ccc2Cl)ncn1. The molecule has 0 aliphatic rings. The first-order chi connectivity index (χ1) is 11.4. The van der Waals surface area contributed by atoms with Crippen molar-refractivity contribution in [3.63, 3.8) is 0 Å². The molecule has 1 aromatic carbocycles. The molecule has 130 valence electrons. The Labute approximate surface area is 142 Å².